The second-order valence-electron chi connectivity index (χ2n) is 4.72. The minimum Gasteiger partial charge on any atom is -0.308 e. The van der Waals surface area contributed by atoms with Crippen LogP contribution < -0.4 is 10.2 Å². The van der Waals surface area contributed by atoms with Gasteiger partial charge in [0.05, 0.1) is 24.1 Å². The van der Waals surface area contributed by atoms with E-state index in [9.17, 15) is 4.79 Å². The van der Waals surface area contributed by atoms with E-state index in [4.69, 9.17) is 0 Å². The highest BCUT2D eigenvalue weighted by Gasteiger charge is 2.33. The number of hydrogen-bond acceptors (Lipinski definition) is 4. The summed E-state index contributed by atoms with van der Waals surface area (Å²) in [5, 5.41) is 3.41. The average molecular weight is 232 g/mol. The number of anilines is 1. The van der Waals surface area contributed by atoms with Gasteiger partial charge in [0.15, 0.2) is 0 Å². The van der Waals surface area contributed by atoms with Crippen LogP contribution in [0.5, 0.6) is 0 Å². The number of hydrogen-bond donors (Lipinski definition) is 1. The number of rotatable bonds is 3. The Hall–Kier alpha value is -1.49. The highest BCUT2D eigenvalue weighted by molar-refractivity contribution is 5.97. The minimum atomic E-state index is -0.0172. The molecule has 0 aromatic carbocycles. The Kier molecular flexibility index (Phi) is 2.76. The lowest BCUT2D eigenvalue weighted by molar-refractivity contribution is -0.121. The standard InChI is InChI=1S/C12H16N4O/c17-12-11(15-9-3-4-9)2-1-5-16(12)10-6-13-8-14-7-10/h6-9,11,15H,1-5H2. The van der Waals surface area contributed by atoms with Crippen molar-refractivity contribution in [2.45, 2.75) is 37.8 Å². The van der Waals surface area contributed by atoms with Crippen LogP contribution >= 0.6 is 0 Å². The molecule has 1 saturated carbocycles. The van der Waals surface area contributed by atoms with Gasteiger partial charge in [-0.15, -0.1) is 0 Å². The van der Waals surface area contributed by atoms with Crippen molar-refractivity contribution in [3.05, 3.63) is 18.7 Å². The maximum absolute atomic E-state index is 12.3. The van der Waals surface area contributed by atoms with E-state index in [1.54, 1.807) is 17.3 Å². The van der Waals surface area contributed by atoms with Crippen molar-refractivity contribution < 1.29 is 4.79 Å². The molecule has 1 aromatic heterocycles. The molecule has 0 radical (unpaired) electrons. The molecule has 1 atom stereocenters. The maximum Gasteiger partial charge on any atom is 0.244 e. The number of piperidine rings is 1. The van der Waals surface area contributed by atoms with Gasteiger partial charge >= 0.3 is 0 Å². The summed E-state index contributed by atoms with van der Waals surface area (Å²) in [6.45, 7) is 0.773. The average Bonchev–Trinajstić information content (AvgIpc) is 3.17. The Bertz CT molecular complexity index is 404. The normalized spacial score (nSPS) is 25.1. The van der Waals surface area contributed by atoms with E-state index in [0.29, 0.717) is 6.04 Å². The summed E-state index contributed by atoms with van der Waals surface area (Å²) in [4.78, 5) is 22.0. The molecule has 1 aliphatic carbocycles. The molecule has 0 bridgehead atoms. The van der Waals surface area contributed by atoms with Gasteiger partial charge < -0.3 is 10.2 Å². The molecule has 1 N–H and O–H groups in total. The second-order valence-corrected chi connectivity index (χ2v) is 4.72. The molecule has 1 unspecified atom stereocenters. The predicted molar refractivity (Wildman–Crippen MR) is 63.6 cm³/mol. The second kappa shape index (κ2) is 4.41. The summed E-state index contributed by atoms with van der Waals surface area (Å²) in [5.74, 6) is 0.165. The van der Waals surface area contributed by atoms with Crippen molar-refractivity contribution in [3.63, 3.8) is 0 Å². The number of carbonyl (C=O) groups excluding carboxylic acids is 1. The van der Waals surface area contributed by atoms with E-state index in [0.717, 1.165) is 25.1 Å². The molecule has 1 saturated heterocycles. The van der Waals surface area contributed by atoms with Crippen LogP contribution in [0.3, 0.4) is 0 Å². The zero-order chi connectivity index (χ0) is 11.7. The Morgan fingerprint density at radius 2 is 2.00 bits per heavy atom. The van der Waals surface area contributed by atoms with Gasteiger partial charge in [-0.2, -0.15) is 0 Å². The third-order valence-corrected chi connectivity index (χ3v) is 3.31. The van der Waals surface area contributed by atoms with Crippen molar-refractivity contribution >= 4 is 11.6 Å². The zero-order valence-electron chi connectivity index (χ0n) is 9.67. The zero-order valence-corrected chi connectivity index (χ0v) is 9.67. The molecule has 5 heteroatoms. The Balaban J connectivity index is 1.74. The Labute approximate surface area is 100 Å². The van der Waals surface area contributed by atoms with Gasteiger partial charge in [-0.25, -0.2) is 9.97 Å². The fourth-order valence-electron chi connectivity index (χ4n) is 2.25. The molecule has 0 spiro atoms. The van der Waals surface area contributed by atoms with Gasteiger partial charge in [-0.1, -0.05) is 0 Å². The number of nitrogens with zero attached hydrogens (tertiary/aromatic N) is 3. The summed E-state index contributed by atoms with van der Waals surface area (Å²) in [5.41, 5.74) is 0.805. The molecule has 2 fully saturated rings. The molecular formula is C12H16N4O. The van der Waals surface area contributed by atoms with Crippen LogP contribution in [0.4, 0.5) is 5.69 Å². The number of amides is 1. The van der Waals surface area contributed by atoms with Gasteiger partial charge in [0.25, 0.3) is 0 Å². The Morgan fingerprint density at radius 1 is 1.24 bits per heavy atom. The molecule has 1 amide bonds. The molecule has 90 valence electrons. The van der Waals surface area contributed by atoms with Gasteiger partial charge in [0.1, 0.15) is 6.33 Å². The Morgan fingerprint density at radius 3 is 2.71 bits per heavy atom. The van der Waals surface area contributed by atoms with Crippen LogP contribution in [0, 0.1) is 0 Å². The van der Waals surface area contributed by atoms with Crippen molar-refractivity contribution in [2.75, 3.05) is 11.4 Å². The number of carbonyl (C=O) groups is 1. The number of nitrogens with one attached hydrogen (secondary N) is 1. The molecule has 2 heterocycles. The van der Waals surface area contributed by atoms with E-state index in [1.165, 1.54) is 19.2 Å². The third-order valence-electron chi connectivity index (χ3n) is 3.31. The van der Waals surface area contributed by atoms with Gasteiger partial charge in [-0.3, -0.25) is 4.79 Å². The van der Waals surface area contributed by atoms with Crippen LogP contribution in [0.25, 0.3) is 0 Å². The molecule has 1 aliphatic heterocycles. The molecular weight excluding hydrogens is 216 g/mol. The van der Waals surface area contributed by atoms with Crippen molar-refractivity contribution in [3.8, 4) is 0 Å². The fourth-order valence-corrected chi connectivity index (χ4v) is 2.25. The van der Waals surface area contributed by atoms with Gasteiger partial charge in [0.2, 0.25) is 5.91 Å². The quantitative estimate of drug-likeness (QED) is 0.834. The first-order chi connectivity index (χ1) is 8.34. The summed E-state index contributed by atoms with van der Waals surface area (Å²) in [6.07, 6.45) is 9.27. The maximum atomic E-state index is 12.3. The summed E-state index contributed by atoms with van der Waals surface area (Å²) >= 11 is 0. The third kappa shape index (κ3) is 2.29. The van der Waals surface area contributed by atoms with Crippen LogP contribution in [0.15, 0.2) is 18.7 Å². The molecule has 5 nitrogen and oxygen atoms in total. The van der Waals surface area contributed by atoms with Gasteiger partial charge in [-0.05, 0) is 25.7 Å². The minimum absolute atomic E-state index is 0.0172. The van der Waals surface area contributed by atoms with E-state index < -0.39 is 0 Å². The summed E-state index contributed by atoms with van der Waals surface area (Å²) in [6, 6.07) is 0.548. The van der Waals surface area contributed by atoms with E-state index >= 15 is 0 Å². The van der Waals surface area contributed by atoms with Gasteiger partial charge in [0, 0.05) is 12.6 Å². The topological polar surface area (TPSA) is 58.1 Å². The van der Waals surface area contributed by atoms with Crippen LogP contribution in [-0.2, 0) is 4.79 Å². The lowest BCUT2D eigenvalue weighted by atomic mass is 10.0. The smallest absolute Gasteiger partial charge is 0.244 e. The van der Waals surface area contributed by atoms with Crippen molar-refractivity contribution in [1.29, 1.82) is 0 Å². The van der Waals surface area contributed by atoms with Crippen molar-refractivity contribution in [1.82, 2.24) is 15.3 Å². The van der Waals surface area contributed by atoms with Crippen LogP contribution in [-0.4, -0.2) is 34.5 Å². The molecule has 2 aliphatic rings. The van der Waals surface area contributed by atoms with E-state index in [1.807, 2.05) is 0 Å². The molecule has 3 rings (SSSR count). The lowest BCUT2D eigenvalue weighted by Gasteiger charge is -2.32. The molecule has 1 aromatic rings. The van der Waals surface area contributed by atoms with E-state index in [2.05, 4.69) is 15.3 Å². The summed E-state index contributed by atoms with van der Waals surface area (Å²) in [7, 11) is 0. The first kappa shape index (κ1) is 10.7. The monoisotopic (exact) mass is 232 g/mol. The lowest BCUT2D eigenvalue weighted by Crippen LogP contribution is -2.51. The largest absolute Gasteiger partial charge is 0.308 e. The predicted octanol–water partition coefficient (Wildman–Crippen LogP) is 0.724. The first-order valence-corrected chi connectivity index (χ1v) is 6.17. The first-order valence-electron chi connectivity index (χ1n) is 6.17. The molecule has 17 heavy (non-hydrogen) atoms. The SMILES string of the molecule is O=C1C(NC2CC2)CCCN1c1cncnc1. The highest BCUT2D eigenvalue weighted by Crippen LogP contribution is 2.24. The highest BCUT2D eigenvalue weighted by atomic mass is 16.2. The van der Waals surface area contributed by atoms with Crippen molar-refractivity contribution in [2.24, 2.45) is 0 Å². The van der Waals surface area contributed by atoms with E-state index in [-0.39, 0.29) is 11.9 Å². The fraction of sp³-hybridized carbons (Fsp3) is 0.583. The summed E-state index contributed by atoms with van der Waals surface area (Å²) < 4.78 is 0. The van der Waals surface area contributed by atoms with Crippen LogP contribution in [0.1, 0.15) is 25.7 Å². The van der Waals surface area contributed by atoms with Crippen LogP contribution in [0.2, 0.25) is 0 Å². The number of aromatic nitrogens is 2.